The van der Waals surface area contributed by atoms with Gasteiger partial charge < -0.3 is 5.32 Å². The lowest BCUT2D eigenvalue weighted by molar-refractivity contribution is 0.449. The number of aromatic nitrogens is 2. The molecule has 1 saturated heterocycles. The van der Waals surface area contributed by atoms with E-state index >= 15 is 0 Å². The highest BCUT2D eigenvalue weighted by atomic mass is 32.2. The smallest absolute Gasteiger partial charge is 0.246 e. The summed E-state index contributed by atoms with van der Waals surface area (Å²) >= 11 is 0. The molecule has 2 rings (SSSR count). The summed E-state index contributed by atoms with van der Waals surface area (Å²) in [4.78, 5) is 0.401. The molecule has 1 aliphatic rings. The van der Waals surface area contributed by atoms with Gasteiger partial charge in [0.25, 0.3) is 0 Å². The Morgan fingerprint density at radius 3 is 2.64 bits per heavy atom. The molecule has 0 radical (unpaired) electrons. The summed E-state index contributed by atoms with van der Waals surface area (Å²) in [6.07, 6.45) is 0.915. The Labute approximate surface area is 133 Å². The van der Waals surface area contributed by atoms with Crippen LogP contribution in [0.3, 0.4) is 0 Å². The molecule has 0 amide bonds. The van der Waals surface area contributed by atoms with Crippen molar-refractivity contribution in [3.05, 3.63) is 11.4 Å². The molecule has 2 heterocycles. The molecule has 7 heteroatoms. The van der Waals surface area contributed by atoms with Gasteiger partial charge in [-0.15, -0.1) is 0 Å². The van der Waals surface area contributed by atoms with Crippen LogP contribution in [-0.4, -0.2) is 49.2 Å². The van der Waals surface area contributed by atoms with Crippen LogP contribution in [0.2, 0.25) is 0 Å². The molecule has 1 N–H and O–H groups in total. The molecule has 0 aromatic carbocycles. The average Bonchev–Trinajstić information content (AvgIpc) is 2.96. The van der Waals surface area contributed by atoms with Crippen LogP contribution in [0.5, 0.6) is 0 Å². The largest absolute Gasteiger partial charge is 0.319 e. The lowest BCUT2D eigenvalue weighted by Gasteiger charge is -2.17. The molecule has 22 heavy (non-hydrogen) atoms. The molecule has 0 saturated carbocycles. The first kappa shape index (κ1) is 17.4. The molecule has 0 aliphatic carbocycles. The zero-order valence-electron chi connectivity index (χ0n) is 14.3. The van der Waals surface area contributed by atoms with E-state index in [2.05, 4.69) is 24.3 Å². The predicted molar refractivity (Wildman–Crippen MR) is 87.3 cm³/mol. The Kier molecular flexibility index (Phi) is 5.29. The Balaban J connectivity index is 2.29. The number of hydrogen-bond acceptors (Lipinski definition) is 4. The Bertz CT molecular complexity index is 622. The van der Waals surface area contributed by atoms with E-state index in [0.29, 0.717) is 35.5 Å². The first-order valence-electron chi connectivity index (χ1n) is 7.96. The molecule has 1 atom stereocenters. The molecule has 1 aromatic rings. The fourth-order valence-electron chi connectivity index (χ4n) is 3.18. The summed E-state index contributed by atoms with van der Waals surface area (Å²) in [6, 6.07) is 0. The van der Waals surface area contributed by atoms with Crippen molar-refractivity contribution in [2.24, 2.45) is 11.8 Å². The third kappa shape index (κ3) is 3.36. The lowest BCUT2D eigenvalue weighted by Crippen LogP contribution is -2.31. The summed E-state index contributed by atoms with van der Waals surface area (Å²) in [5.41, 5.74) is 1.36. The van der Waals surface area contributed by atoms with Gasteiger partial charge in [0.05, 0.1) is 11.4 Å². The quantitative estimate of drug-likeness (QED) is 0.857. The van der Waals surface area contributed by atoms with Crippen LogP contribution in [0, 0.1) is 25.7 Å². The first-order chi connectivity index (χ1) is 10.3. The maximum atomic E-state index is 13.0. The van der Waals surface area contributed by atoms with Gasteiger partial charge in [-0.3, -0.25) is 4.68 Å². The van der Waals surface area contributed by atoms with Crippen LogP contribution in [-0.2, 0) is 16.6 Å². The number of nitrogens with one attached hydrogen (secondary N) is 1. The second-order valence-corrected chi connectivity index (χ2v) is 8.53. The third-order valence-corrected chi connectivity index (χ3v) is 6.31. The summed E-state index contributed by atoms with van der Waals surface area (Å²) in [5, 5.41) is 7.57. The summed E-state index contributed by atoms with van der Waals surface area (Å²) in [7, 11) is -1.54. The molecule has 1 fully saturated rings. The van der Waals surface area contributed by atoms with Crippen molar-refractivity contribution in [2.45, 2.75) is 45.6 Å². The number of nitrogens with zero attached hydrogens (tertiary/aromatic N) is 3. The number of aryl methyl sites for hydroxylation is 1. The van der Waals surface area contributed by atoms with Crippen molar-refractivity contribution in [3.63, 3.8) is 0 Å². The maximum Gasteiger partial charge on any atom is 0.246 e. The van der Waals surface area contributed by atoms with E-state index in [1.807, 2.05) is 18.7 Å². The normalized spacial score (nSPS) is 20.2. The van der Waals surface area contributed by atoms with Gasteiger partial charge in [-0.2, -0.15) is 9.40 Å². The van der Waals surface area contributed by atoms with E-state index < -0.39 is 10.0 Å². The molecular weight excluding hydrogens is 300 g/mol. The van der Waals surface area contributed by atoms with E-state index in [1.165, 1.54) is 0 Å². The van der Waals surface area contributed by atoms with Crippen molar-refractivity contribution < 1.29 is 8.42 Å². The maximum absolute atomic E-state index is 13.0. The van der Waals surface area contributed by atoms with E-state index in [9.17, 15) is 8.42 Å². The fourth-order valence-corrected chi connectivity index (χ4v) is 5.08. The van der Waals surface area contributed by atoms with Crippen molar-refractivity contribution >= 4 is 10.0 Å². The van der Waals surface area contributed by atoms with Gasteiger partial charge >= 0.3 is 0 Å². The van der Waals surface area contributed by atoms with E-state index in [4.69, 9.17) is 0 Å². The van der Waals surface area contributed by atoms with Gasteiger partial charge in [-0.1, -0.05) is 13.8 Å². The molecule has 0 bridgehead atoms. The standard InChI is InChI=1S/C15H28N4O2S/c1-11(2)9-19-13(4)15(12(3)17-19)22(20,21)18-7-6-14(10-18)8-16-5/h11,14,16H,6-10H2,1-5H3. The molecule has 1 aliphatic heterocycles. The average molecular weight is 328 g/mol. The second kappa shape index (κ2) is 6.68. The summed E-state index contributed by atoms with van der Waals surface area (Å²) in [6.45, 7) is 10.6. The minimum atomic E-state index is -3.44. The Morgan fingerprint density at radius 2 is 2.05 bits per heavy atom. The van der Waals surface area contributed by atoms with Crippen LogP contribution in [0.15, 0.2) is 4.90 Å². The van der Waals surface area contributed by atoms with Crippen LogP contribution in [0.1, 0.15) is 31.7 Å². The molecule has 126 valence electrons. The topological polar surface area (TPSA) is 67.2 Å². The van der Waals surface area contributed by atoms with Gasteiger partial charge in [0, 0.05) is 19.6 Å². The van der Waals surface area contributed by atoms with Gasteiger partial charge in [-0.25, -0.2) is 8.42 Å². The highest BCUT2D eigenvalue weighted by Gasteiger charge is 2.35. The minimum Gasteiger partial charge on any atom is -0.319 e. The number of sulfonamides is 1. The Hall–Kier alpha value is -0.920. The third-order valence-electron chi connectivity index (χ3n) is 4.19. The van der Waals surface area contributed by atoms with Crippen LogP contribution in [0.25, 0.3) is 0 Å². The van der Waals surface area contributed by atoms with E-state index in [-0.39, 0.29) is 0 Å². The van der Waals surface area contributed by atoms with Crippen molar-refractivity contribution in [3.8, 4) is 0 Å². The first-order valence-corrected chi connectivity index (χ1v) is 9.40. The highest BCUT2D eigenvalue weighted by Crippen LogP contribution is 2.28. The lowest BCUT2D eigenvalue weighted by atomic mass is 10.1. The van der Waals surface area contributed by atoms with Crippen LogP contribution < -0.4 is 5.32 Å². The van der Waals surface area contributed by atoms with Crippen molar-refractivity contribution in [1.29, 1.82) is 0 Å². The molecule has 1 aromatic heterocycles. The predicted octanol–water partition coefficient (Wildman–Crippen LogP) is 1.39. The SMILES string of the molecule is CNCC1CCN(S(=O)(=O)c2c(C)nn(CC(C)C)c2C)C1. The van der Waals surface area contributed by atoms with Gasteiger partial charge in [0.2, 0.25) is 10.0 Å². The fraction of sp³-hybridized carbons (Fsp3) is 0.800. The van der Waals surface area contributed by atoms with Crippen molar-refractivity contribution in [1.82, 2.24) is 19.4 Å². The minimum absolute atomic E-state index is 0.395. The second-order valence-electron chi connectivity index (χ2n) is 6.65. The monoisotopic (exact) mass is 328 g/mol. The summed E-state index contributed by atoms with van der Waals surface area (Å²) < 4.78 is 29.4. The zero-order chi connectivity index (χ0) is 16.5. The molecule has 0 spiro atoms. The van der Waals surface area contributed by atoms with E-state index in [1.54, 1.807) is 11.2 Å². The number of rotatable bonds is 6. The van der Waals surface area contributed by atoms with E-state index in [0.717, 1.165) is 25.2 Å². The molecule has 6 nitrogen and oxygen atoms in total. The van der Waals surface area contributed by atoms with Crippen molar-refractivity contribution in [2.75, 3.05) is 26.7 Å². The number of hydrogen-bond donors (Lipinski definition) is 1. The Morgan fingerprint density at radius 1 is 1.36 bits per heavy atom. The van der Waals surface area contributed by atoms with Gasteiger partial charge in [-0.05, 0) is 45.7 Å². The zero-order valence-corrected chi connectivity index (χ0v) is 15.1. The van der Waals surface area contributed by atoms with Crippen LogP contribution in [0.4, 0.5) is 0 Å². The van der Waals surface area contributed by atoms with Crippen LogP contribution >= 0.6 is 0 Å². The summed E-state index contributed by atoms with van der Waals surface area (Å²) in [5.74, 6) is 0.825. The van der Waals surface area contributed by atoms with Gasteiger partial charge in [0.15, 0.2) is 0 Å². The highest BCUT2D eigenvalue weighted by molar-refractivity contribution is 7.89. The molecule has 1 unspecified atom stereocenters. The molecular formula is C15H28N4O2S. The van der Waals surface area contributed by atoms with Gasteiger partial charge in [0.1, 0.15) is 4.90 Å².